The van der Waals surface area contributed by atoms with Crippen LogP contribution in [-0.4, -0.2) is 17.1 Å². The average Bonchev–Trinajstić information content (AvgIpc) is 3.08. The maximum atomic E-state index is 12.7. The molecule has 4 rings (SSSR count). The SMILES string of the molecule is CC1Cc2ccccc2N1C(=O)c1cc(C2CC2)on1. The van der Waals surface area contributed by atoms with Gasteiger partial charge in [0.05, 0.1) is 0 Å². The largest absolute Gasteiger partial charge is 0.360 e. The topological polar surface area (TPSA) is 46.3 Å². The molecule has 4 heteroatoms. The standard InChI is InChI=1S/C16H16N2O2/c1-10-8-12-4-2-3-5-14(12)18(10)16(19)13-9-15(20-17-13)11-6-7-11/h2-5,9-11H,6-8H2,1H3. The summed E-state index contributed by atoms with van der Waals surface area (Å²) in [4.78, 5) is 14.5. The Bertz CT molecular complexity index is 673. The van der Waals surface area contributed by atoms with Crippen molar-refractivity contribution < 1.29 is 9.32 Å². The Kier molecular flexibility index (Phi) is 2.46. The molecule has 2 heterocycles. The van der Waals surface area contributed by atoms with Crippen molar-refractivity contribution in [1.82, 2.24) is 5.16 Å². The van der Waals surface area contributed by atoms with Crippen LogP contribution in [-0.2, 0) is 6.42 Å². The van der Waals surface area contributed by atoms with E-state index in [1.165, 1.54) is 5.56 Å². The molecule has 1 aromatic heterocycles. The van der Waals surface area contributed by atoms with Crippen LogP contribution in [0.5, 0.6) is 0 Å². The third-order valence-corrected chi connectivity index (χ3v) is 4.15. The smallest absolute Gasteiger partial charge is 0.280 e. The minimum absolute atomic E-state index is 0.0573. The Morgan fingerprint density at radius 2 is 2.15 bits per heavy atom. The molecule has 1 atom stereocenters. The number of hydrogen-bond acceptors (Lipinski definition) is 3. The predicted molar refractivity (Wildman–Crippen MR) is 74.9 cm³/mol. The van der Waals surface area contributed by atoms with E-state index in [2.05, 4.69) is 18.1 Å². The molecule has 0 saturated heterocycles. The number of hydrogen-bond donors (Lipinski definition) is 0. The van der Waals surface area contributed by atoms with Crippen LogP contribution in [0.1, 0.15) is 47.5 Å². The zero-order chi connectivity index (χ0) is 13.7. The molecule has 1 aliphatic heterocycles. The lowest BCUT2D eigenvalue weighted by Gasteiger charge is -2.21. The van der Waals surface area contributed by atoms with Crippen LogP contribution < -0.4 is 4.90 Å². The van der Waals surface area contributed by atoms with Crippen molar-refractivity contribution in [3.8, 4) is 0 Å². The minimum atomic E-state index is -0.0573. The summed E-state index contributed by atoms with van der Waals surface area (Å²) in [7, 11) is 0. The number of carbonyl (C=O) groups is 1. The molecule has 0 radical (unpaired) electrons. The maximum Gasteiger partial charge on any atom is 0.280 e. The third kappa shape index (κ3) is 1.75. The average molecular weight is 268 g/mol. The molecular formula is C16H16N2O2. The Morgan fingerprint density at radius 3 is 2.95 bits per heavy atom. The molecular weight excluding hydrogens is 252 g/mol. The van der Waals surface area contributed by atoms with E-state index in [0.717, 1.165) is 30.7 Å². The number of rotatable bonds is 2. The van der Waals surface area contributed by atoms with Gasteiger partial charge in [-0.1, -0.05) is 23.4 Å². The van der Waals surface area contributed by atoms with Crippen molar-refractivity contribution >= 4 is 11.6 Å². The van der Waals surface area contributed by atoms with E-state index < -0.39 is 0 Å². The maximum absolute atomic E-state index is 12.7. The van der Waals surface area contributed by atoms with Gasteiger partial charge in [0.15, 0.2) is 5.69 Å². The van der Waals surface area contributed by atoms with Crippen LogP contribution in [0.25, 0.3) is 0 Å². The Labute approximate surface area is 117 Å². The monoisotopic (exact) mass is 268 g/mol. The second-order valence-corrected chi connectivity index (χ2v) is 5.75. The van der Waals surface area contributed by atoms with Gasteiger partial charge in [0.2, 0.25) is 0 Å². The number of aromatic nitrogens is 1. The Balaban J connectivity index is 1.67. The molecule has 0 N–H and O–H groups in total. The van der Waals surface area contributed by atoms with Crippen LogP contribution in [0.2, 0.25) is 0 Å². The summed E-state index contributed by atoms with van der Waals surface area (Å²) < 4.78 is 5.29. The summed E-state index contributed by atoms with van der Waals surface area (Å²) in [6.07, 6.45) is 3.19. The molecule has 1 fully saturated rings. The van der Waals surface area contributed by atoms with E-state index >= 15 is 0 Å². The highest BCUT2D eigenvalue weighted by Gasteiger charge is 2.34. The van der Waals surface area contributed by atoms with Crippen LogP contribution >= 0.6 is 0 Å². The second kappa shape index (κ2) is 4.20. The van der Waals surface area contributed by atoms with Crippen molar-refractivity contribution in [2.45, 2.75) is 38.1 Å². The van der Waals surface area contributed by atoms with Gasteiger partial charge in [-0.05, 0) is 37.8 Å². The van der Waals surface area contributed by atoms with Gasteiger partial charge in [-0.25, -0.2) is 0 Å². The Hall–Kier alpha value is -2.10. The second-order valence-electron chi connectivity index (χ2n) is 5.75. The van der Waals surface area contributed by atoms with Gasteiger partial charge in [-0.2, -0.15) is 0 Å². The zero-order valence-electron chi connectivity index (χ0n) is 11.4. The fraction of sp³-hybridized carbons (Fsp3) is 0.375. The first-order valence-electron chi connectivity index (χ1n) is 7.12. The van der Waals surface area contributed by atoms with Crippen molar-refractivity contribution in [1.29, 1.82) is 0 Å². The normalized spacial score (nSPS) is 21.1. The molecule has 2 aliphatic rings. The molecule has 1 aromatic carbocycles. The lowest BCUT2D eigenvalue weighted by molar-refractivity contribution is 0.0972. The minimum Gasteiger partial charge on any atom is -0.360 e. The summed E-state index contributed by atoms with van der Waals surface area (Å²) in [5, 5.41) is 3.96. The number of benzene rings is 1. The molecule has 4 nitrogen and oxygen atoms in total. The molecule has 1 aliphatic carbocycles. The quantitative estimate of drug-likeness (QED) is 0.840. The molecule has 0 spiro atoms. The van der Waals surface area contributed by atoms with Gasteiger partial charge < -0.3 is 9.42 Å². The molecule has 1 saturated carbocycles. The number of fused-ring (bicyclic) bond motifs is 1. The van der Waals surface area contributed by atoms with Gasteiger partial charge in [-0.3, -0.25) is 4.79 Å². The van der Waals surface area contributed by atoms with Gasteiger partial charge in [-0.15, -0.1) is 0 Å². The number of nitrogens with zero attached hydrogens (tertiary/aromatic N) is 2. The first kappa shape index (κ1) is 11.7. The molecule has 102 valence electrons. The Morgan fingerprint density at radius 1 is 1.35 bits per heavy atom. The summed E-state index contributed by atoms with van der Waals surface area (Å²) in [5.74, 6) is 1.28. The fourth-order valence-corrected chi connectivity index (χ4v) is 2.95. The molecule has 1 unspecified atom stereocenters. The number of para-hydroxylation sites is 1. The lowest BCUT2D eigenvalue weighted by Crippen LogP contribution is -2.35. The van der Waals surface area contributed by atoms with E-state index in [9.17, 15) is 4.79 Å². The summed E-state index contributed by atoms with van der Waals surface area (Å²) in [5.41, 5.74) is 2.65. The van der Waals surface area contributed by atoms with E-state index in [1.54, 1.807) is 0 Å². The highest BCUT2D eigenvalue weighted by atomic mass is 16.5. The number of anilines is 1. The van der Waals surface area contributed by atoms with E-state index in [1.807, 2.05) is 29.2 Å². The van der Waals surface area contributed by atoms with Crippen LogP contribution in [0.15, 0.2) is 34.9 Å². The molecule has 0 bridgehead atoms. The molecule has 2 aromatic rings. The van der Waals surface area contributed by atoms with Crippen LogP contribution in [0.4, 0.5) is 5.69 Å². The molecule has 20 heavy (non-hydrogen) atoms. The van der Waals surface area contributed by atoms with Crippen molar-refractivity contribution in [2.75, 3.05) is 4.90 Å². The first-order chi connectivity index (χ1) is 9.74. The summed E-state index contributed by atoms with van der Waals surface area (Å²) >= 11 is 0. The first-order valence-corrected chi connectivity index (χ1v) is 7.12. The van der Waals surface area contributed by atoms with E-state index in [4.69, 9.17) is 4.52 Å². The number of amides is 1. The van der Waals surface area contributed by atoms with Crippen molar-refractivity contribution in [2.24, 2.45) is 0 Å². The highest BCUT2D eigenvalue weighted by molar-refractivity contribution is 6.06. The summed E-state index contributed by atoms with van der Waals surface area (Å²) in [6.45, 7) is 2.07. The zero-order valence-corrected chi connectivity index (χ0v) is 11.4. The van der Waals surface area contributed by atoms with Crippen molar-refractivity contribution in [3.05, 3.63) is 47.3 Å². The van der Waals surface area contributed by atoms with Crippen LogP contribution in [0, 0.1) is 0 Å². The predicted octanol–water partition coefficient (Wildman–Crippen LogP) is 3.14. The summed E-state index contributed by atoms with van der Waals surface area (Å²) in [6, 6.07) is 10.0. The highest BCUT2D eigenvalue weighted by Crippen LogP contribution is 2.40. The van der Waals surface area contributed by atoms with Gasteiger partial charge in [0.1, 0.15) is 5.76 Å². The van der Waals surface area contributed by atoms with Gasteiger partial charge in [0.25, 0.3) is 5.91 Å². The lowest BCUT2D eigenvalue weighted by atomic mass is 10.1. The molecule has 1 amide bonds. The third-order valence-electron chi connectivity index (χ3n) is 4.15. The number of carbonyl (C=O) groups excluding carboxylic acids is 1. The van der Waals surface area contributed by atoms with E-state index in [-0.39, 0.29) is 11.9 Å². The van der Waals surface area contributed by atoms with Gasteiger partial charge >= 0.3 is 0 Å². The van der Waals surface area contributed by atoms with Crippen molar-refractivity contribution in [3.63, 3.8) is 0 Å². The van der Waals surface area contributed by atoms with Gasteiger partial charge in [0, 0.05) is 23.7 Å². The van der Waals surface area contributed by atoms with E-state index in [0.29, 0.717) is 11.6 Å². The van der Waals surface area contributed by atoms with Crippen LogP contribution in [0.3, 0.4) is 0 Å². The fourth-order valence-electron chi connectivity index (χ4n) is 2.95.